The molecule has 1 fully saturated rings. The number of ether oxygens (including phenoxy) is 1. The number of aromatic nitrogens is 2. The average molecular weight is 545 g/mol. The first-order valence-corrected chi connectivity index (χ1v) is 12.7. The van der Waals surface area contributed by atoms with Gasteiger partial charge in [-0.3, -0.25) is 9.80 Å². The lowest BCUT2D eigenvalue weighted by Crippen LogP contribution is -2.47. The van der Waals surface area contributed by atoms with E-state index in [2.05, 4.69) is 32.0 Å². The monoisotopic (exact) mass is 544 g/mol. The summed E-state index contributed by atoms with van der Waals surface area (Å²) in [5.41, 5.74) is 0.170. The van der Waals surface area contributed by atoms with Crippen molar-refractivity contribution >= 4 is 23.5 Å². The zero-order valence-electron chi connectivity index (χ0n) is 21.6. The first kappa shape index (κ1) is 28.1. The largest absolute Gasteiger partial charge is 0.489 e. The molecule has 12 heteroatoms. The SMILES string of the molecule is CCCN1CCN(CCOc2ccc(Nc3nccc(N(Cc4cc(F)ccc4F)C(=O)O)n3)cc2F)CC1. The van der Waals surface area contributed by atoms with E-state index >= 15 is 0 Å². The molecule has 1 amide bonds. The molecule has 1 aliphatic heterocycles. The van der Waals surface area contributed by atoms with Crippen molar-refractivity contribution in [2.75, 3.05) is 56.1 Å². The zero-order valence-corrected chi connectivity index (χ0v) is 21.6. The minimum absolute atomic E-state index is 0.00579. The highest BCUT2D eigenvalue weighted by atomic mass is 19.1. The lowest BCUT2D eigenvalue weighted by Gasteiger charge is -2.34. The Balaban J connectivity index is 1.35. The number of piperazine rings is 1. The van der Waals surface area contributed by atoms with Crippen LogP contribution in [0.2, 0.25) is 0 Å². The van der Waals surface area contributed by atoms with E-state index in [4.69, 9.17) is 4.74 Å². The molecule has 0 atom stereocenters. The Labute approximate surface area is 224 Å². The molecule has 0 unspecified atom stereocenters. The van der Waals surface area contributed by atoms with Gasteiger partial charge in [0, 0.05) is 56.2 Å². The van der Waals surface area contributed by atoms with Crippen LogP contribution >= 0.6 is 0 Å². The minimum atomic E-state index is -1.42. The Morgan fingerprint density at radius 3 is 2.46 bits per heavy atom. The Morgan fingerprint density at radius 2 is 1.77 bits per heavy atom. The maximum atomic E-state index is 14.7. The van der Waals surface area contributed by atoms with Crippen LogP contribution in [0.3, 0.4) is 0 Å². The Hall–Kier alpha value is -3.90. The van der Waals surface area contributed by atoms with Crippen LogP contribution in [0.4, 0.5) is 35.4 Å². The molecule has 208 valence electrons. The van der Waals surface area contributed by atoms with Crippen molar-refractivity contribution in [1.29, 1.82) is 0 Å². The molecule has 2 heterocycles. The number of benzene rings is 2. The van der Waals surface area contributed by atoms with E-state index in [9.17, 15) is 23.1 Å². The van der Waals surface area contributed by atoms with Gasteiger partial charge in [-0.2, -0.15) is 4.98 Å². The third-order valence-electron chi connectivity index (χ3n) is 6.34. The predicted octanol–water partition coefficient (Wildman–Crippen LogP) is 4.73. The van der Waals surface area contributed by atoms with Crippen LogP contribution in [0.1, 0.15) is 18.9 Å². The molecule has 3 aromatic rings. The second-order valence-corrected chi connectivity index (χ2v) is 9.14. The predicted molar refractivity (Wildman–Crippen MR) is 141 cm³/mol. The molecule has 0 spiro atoms. The second-order valence-electron chi connectivity index (χ2n) is 9.14. The molecule has 0 aliphatic carbocycles. The fraction of sp³-hybridized carbons (Fsp3) is 0.370. The Kier molecular flexibility index (Phi) is 9.55. The van der Waals surface area contributed by atoms with Gasteiger partial charge in [0.25, 0.3) is 0 Å². The van der Waals surface area contributed by atoms with E-state index in [1.54, 1.807) is 6.07 Å². The summed E-state index contributed by atoms with van der Waals surface area (Å²) in [4.78, 5) is 25.5. The molecule has 9 nitrogen and oxygen atoms in total. The first-order chi connectivity index (χ1) is 18.8. The summed E-state index contributed by atoms with van der Waals surface area (Å²) in [5, 5.41) is 12.5. The standard InChI is InChI=1S/C27H31F3N6O3/c1-2-9-34-10-12-35(13-11-34)14-15-39-24-6-4-21(17-23(24)30)32-26-31-8-7-25(33-26)36(27(37)38)18-19-16-20(28)3-5-22(19)29/h3-8,16-17H,2,9-15,18H2,1H3,(H,37,38)(H,31,32,33). The van der Waals surface area contributed by atoms with Crippen LogP contribution in [0.5, 0.6) is 5.75 Å². The highest BCUT2D eigenvalue weighted by molar-refractivity contribution is 5.84. The van der Waals surface area contributed by atoms with Crippen LogP contribution in [0, 0.1) is 17.5 Å². The van der Waals surface area contributed by atoms with Gasteiger partial charge in [0.05, 0.1) is 6.54 Å². The van der Waals surface area contributed by atoms with Crippen molar-refractivity contribution in [3.05, 3.63) is 71.7 Å². The first-order valence-electron chi connectivity index (χ1n) is 12.7. The lowest BCUT2D eigenvalue weighted by molar-refractivity contribution is 0.116. The summed E-state index contributed by atoms with van der Waals surface area (Å²) in [5.74, 6) is -1.97. The molecule has 0 saturated carbocycles. The van der Waals surface area contributed by atoms with Gasteiger partial charge < -0.3 is 20.1 Å². The smallest absolute Gasteiger partial charge is 0.413 e. The molecule has 39 heavy (non-hydrogen) atoms. The van der Waals surface area contributed by atoms with Crippen molar-refractivity contribution in [2.45, 2.75) is 19.9 Å². The van der Waals surface area contributed by atoms with Crippen molar-refractivity contribution in [3.63, 3.8) is 0 Å². The summed E-state index contributed by atoms with van der Waals surface area (Å²) >= 11 is 0. The van der Waals surface area contributed by atoms with Crippen molar-refractivity contribution in [1.82, 2.24) is 19.8 Å². The average Bonchev–Trinajstić information content (AvgIpc) is 2.91. The van der Waals surface area contributed by atoms with Crippen molar-refractivity contribution in [3.8, 4) is 5.75 Å². The quantitative estimate of drug-likeness (QED) is 0.358. The van der Waals surface area contributed by atoms with Gasteiger partial charge in [-0.05, 0) is 49.4 Å². The van der Waals surface area contributed by atoms with E-state index in [0.29, 0.717) is 18.8 Å². The number of nitrogens with zero attached hydrogens (tertiary/aromatic N) is 5. The minimum Gasteiger partial charge on any atom is -0.489 e. The third-order valence-corrected chi connectivity index (χ3v) is 6.34. The van der Waals surface area contributed by atoms with Gasteiger partial charge in [0.2, 0.25) is 5.95 Å². The molecular formula is C27H31F3N6O3. The van der Waals surface area contributed by atoms with Gasteiger partial charge >= 0.3 is 6.09 Å². The molecule has 1 saturated heterocycles. The molecule has 4 rings (SSSR count). The van der Waals surface area contributed by atoms with Gasteiger partial charge in [0.1, 0.15) is 24.1 Å². The fourth-order valence-corrected chi connectivity index (χ4v) is 4.30. The van der Waals surface area contributed by atoms with E-state index in [-0.39, 0.29) is 23.1 Å². The molecule has 0 radical (unpaired) electrons. The molecule has 2 N–H and O–H groups in total. The van der Waals surface area contributed by atoms with Crippen LogP contribution in [0.25, 0.3) is 0 Å². The topological polar surface area (TPSA) is 94.1 Å². The van der Waals surface area contributed by atoms with Crippen LogP contribution in [-0.2, 0) is 6.54 Å². The van der Waals surface area contributed by atoms with Crippen molar-refractivity contribution < 1.29 is 27.8 Å². The number of carboxylic acid groups (broad SMARTS) is 1. The summed E-state index contributed by atoms with van der Waals surface area (Å²) in [6.07, 6.45) is 1.03. The van der Waals surface area contributed by atoms with Gasteiger partial charge in [-0.15, -0.1) is 0 Å². The van der Waals surface area contributed by atoms with Gasteiger partial charge in [-0.1, -0.05) is 6.92 Å². The number of halogens is 3. The van der Waals surface area contributed by atoms with Crippen LogP contribution in [-0.4, -0.2) is 76.8 Å². The third kappa shape index (κ3) is 7.80. The highest BCUT2D eigenvalue weighted by Gasteiger charge is 2.20. The number of nitrogens with one attached hydrogen (secondary N) is 1. The number of hydrogen-bond donors (Lipinski definition) is 2. The van der Waals surface area contributed by atoms with Crippen LogP contribution in [0.15, 0.2) is 48.7 Å². The summed E-state index contributed by atoms with van der Waals surface area (Å²) in [6.45, 7) is 7.86. The van der Waals surface area contributed by atoms with E-state index < -0.39 is 30.1 Å². The maximum Gasteiger partial charge on any atom is 0.413 e. The lowest BCUT2D eigenvalue weighted by atomic mass is 10.2. The second kappa shape index (κ2) is 13.3. The van der Waals surface area contributed by atoms with Gasteiger partial charge in [-0.25, -0.2) is 22.9 Å². The number of hydrogen-bond acceptors (Lipinski definition) is 7. The Morgan fingerprint density at radius 1 is 1.03 bits per heavy atom. The Bertz CT molecular complexity index is 1270. The number of amides is 1. The molecular weight excluding hydrogens is 513 g/mol. The number of anilines is 3. The van der Waals surface area contributed by atoms with Crippen molar-refractivity contribution in [2.24, 2.45) is 0 Å². The number of rotatable bonds is 11. The van der Waals surface area contributed by atoms with E-state index in [0.717, 1.165) is 62.2 Å². The normalized spacial score (nSPS) is 14.3. The molecule has 2 aromatic carbocycles. The summed E-state index contributed by atoms with van der Waals surface area (Å²) in [6, 6.07) is 8.43. The zero-order chi connectivity index (χ0) is 27.8. The summed E-state index contributed by atoms with van der Waals surface area (Å²) < 4.78 is 48.0. The molecule has 1 aliphatic rings. The van der Waals surface area contributed by atoms with E-state index in [1.807, 2.05) is 0 Å². The molecule has 0 bridgehead atoms. The van der Waals surface area contributed by atoms with Gasteiger partial charge in [0.15, 0.2) is 11.6 Å². The number of carbonyl (C=O) groups is 1. The summed E-state index contributed by atoms with van der Waals surface area (Å²) in [7, 11) is 0. The van der Waals surface area contributed by atoms with E-state index in [1.165, 1.54) is 24.4 Å². The maximum absolute atomic E-state index is 14.7. The highest BCUT2D eigenvalue weighted by Crippen LogP contribution is 2.24. The molecule has 1 aromatic heterocycles. The van der Waals surface area contributed by atoms with Crippen LogP contribution < -0.4 is 15.0 Å². The fourth-order valence-electron chi connectivity index (χ4n) is 4.30.